The van der Waals surface area contributed by atoms with Crippen LogP contribution in [0.2, 0.25) is 0 Å². The van der Waals surface area contributed by atoms with Crippen LogP contribution in [0.4, 0.5) is 0 Å². The van der Waals surface area contributed by atoms with Crippen LogP contribution in [0.3, 0.4) is 0 Å². The van der Waals surface area contributed by atoms with Gasteiger partial charge in [0.2, 0.25) is 10.0 Å². The van der Waals surface area contributed by atoms with Crippen molar-refractivity contribution in [2.45, 2.75) is 38.6 Å². The largest absolute Gasteiger partial charge is 0.480 e. The average Bonchev–Trinajstić information content (AvgIpc) is 2.38. The molecule has 0 aliphatic rings. The Labute approximate surface area is 120 Å². The van der Waals surface area contributed by atoms with E-state index in [0.29, 0.717) is 0 Å². The van der Waals surface area contributed by atoms with Crippen molar-refractivity contribution in [2.75, 3.05) is 5.75 Å². The van der Waals surface area contributed by atoms with Crippen molar-refractivity contribution in [2.24, 2.45) is 0 Å². The van der Waals surface area contributed by atoms with Crippen LogP contribution < -0.4 is 4.72 Å². The molecule has 0 bridgehead atoms. The van der Waals surface area contributed by atoms with Gasteiger partial charge in [-0.1, -0.05) is 44.2 Å². The fourth-order valence-electron chi connectivity index (χ4n) is 1.86. The number of carboxylic acids is 1. The molecule has 0 saturated carbocycles. The number of carboxylic acid groups (broad SMARTS) is 1. The van der Waals surface area contributed by atoms with E-state index in [2.05, 4.69) is 4.72 Å². The fraction of sp³-hybridized carbons (Fsp3) is 0.500. The van der Waals surface area contributed by atoms with Gasteiger partial charge in [-0.15, -0.1) is 0 Å². The minimum absolute atomic E-state index is 0.139. The van der Waals surface area contributed by atoms with Crippen LogP contribution in [0.25, 0.3) is 0 Å². The molecule has 0 spiro atoms. The van der Waals surface area contributed by atoms with Crippen LogP contribution in [0, 0.1) is 0 Å². The predicted molar refractivity (Wildman–Crippen MR) is 78.1 cm³/mol. The maximum Gasteiger partial charge on any atom is 0.324 e. The van der Waals surface area contributed by atoms with Gasteiger partial charge in [0.15, 0.2) is 0 Å². The van der Waals surface area contributed by atoms with E-state index in [1.54, 1.807) is 13.8 Å². The molecule has 0 amide bonds. The molecule has 1 rings (SSSR count). The maximum absolute atomic E-state index is 12.1. The molecule has 2 unspecified atom stereocenters. The van der Waals surface area contributed by atoms with E-state index in [0.717, 1.165) is 5.56 Å². The second kappa shape index (κ2) is 6.37. The zero-order chi connectivity index (χ0) is 15.4. The van der Waals surface area contributed by atoms with Gasteiger partial charge >= 0.3 is 5.97 Å². The summed E-state index contributed by atoms with van der Waals surface area (Å²) >= 11 is 0. The third-order valence-corrected chi connectivity index (χ3v) is 5.10. The molecule has 1 aromatic carbocycles. The van der Waals surface area contributed by atoms with Gasteiger partial charge in [0, 0.05) is 0 Å². The molecule has 5 nitrogen and oxygen atoms in total. The van der Waals surface area contributed by atoms with E-state index in [9.17, 15) is 13.2 Å². The third-order valence-electron chi connectivity index (χ3n) is 3.40. The average molecular weight is 299 g/mol. The number of hydrogen-bond donors (Lipinski definition) is 2. The topological polar surface area (TPSA) is 83.5 Å². The van der Waals surface area contributed by atoms with Gasteiger partial charge < -0.3 is 5.11 Å². The van der Waals surface area contributed by atoms with E-state index in [4.69, 9.17) is 5.11 Å². The molecule has 2 N–H and O–H groups in total. The normalized spacial score (nSPS) is 16.4. The van der Waals surface area contributed by atoms with Gasteiger partial charge in [-0.25, -0.2) is 8.42 Å². The van der Waals surface area contributed by atoms with Crippen molar-refractivity contribution in [3.05, 3.63) is 35.9 Å². The summed E-state index contributed by atoms with van der Waals surface area (Å²) in [5, 5.41) is 9.12. The molecule has 2 atom stereocenters. The maximum atomic E-state index is 12.1. The van der Waals surface area contributed by atoms with E-state index in [1.807, 2.05) is 30.3 Å². The number of rotatable bonds is 7. The number of carbonyl (C=O) groups is 1. The highest BCUT2D eigenvalue weighted by Gasteiger charge is 2.36. The Balaban J connectivity index is 2.83. The van der Waals surface area contributed by atoms with E-state index >= 15 is 0 Å². The van der Waals surface area contributed by atoms with Crippen LogP contribution in [0.1, 0.15) is 38.7 Å². The minimum Gasteiger partial charge on any atom is -0.480 e. The van der Waals surface area contributed by atoms with Crippen LogP contribution >= 0.6 is 0 Å². The SMILES string of the molecule is CCC(C)(NS(=O)(=O)CC(C)c1ccccc1)C(=O)O. The van der Waals surface area contributed by atoms with Crippen LogP contribution in [-0.2, 0) is 14.8 Å². The summed E-state index contributed by atoms with van der Waals surface area (Å²) < 4.78 is 26.5. The Morgan fingerprint density at radius 2 is 1.90 bits per heavy atom. The Kier molecular flexibility index (Phi) is 5.30. The lowest BCUT2D eigenvalue weighted by atomic mass is 10.0. The highest BCUT2D eigenvalue weighted by Crippen LogP contribution is 2.18. The van der Waals surface area contributed by atoms with Gasteiger partial charge in [0.05, 0.1) is 5.75 Å². The summed E-state index contributed by atoms with van der Waals surface area (Å²) in [7, 11) is -3.67. The fourth-order valence-corrected chi connectivity index (χ4v) is 3.71. The zero-order valence-electron chi connectivity index (χ0n) is 12.0. The second-order valence-corrected chi connectivity index (χ2v) is 6.95. The lowest BCUT2D eigenvalue weighted by Gasteiger charge is -2.25. The summed E-state index contributed by atoms with van der Waals surface area (Å²) in [6.45, 7) is 4.82. The molecule has 0 aliphatic heterocycles. The predicted octanol–water partition coefficient (Wildman–Crippen LogP) is 1.96. The van der Waals surface area contributed by atoms with Crippen LogP contribution in [-0.4, -0.2) is 30.8 Å². The standard InChI is InChI=1S/C14H21NO4S/c1-4-14(3,13(16)17)15-20(18,19)10-11(2)12-8-6-5-7-9-12/h5-9,11,15H,4,10H2,1-3H3,(H,16,17). The summed E-state index contributed by atoms with van der Waals surface area (Å²) in [4.78, 5) is 11.2. The van der Waals surface area contributed by atoms with Crippen LogP contribution in [0.5, 0.6) is 0 Å². The van der Waals surface area contributed by atoms with E-state index in [1.165, 1.54) is 6.92 Å². The number of hydrogen-bond acceptors (Lipinski definition) is 3. The van der Waals surface area contributed by atoms with Gasteiger partial charge in [0.25, 0.3) is 0 Å². The Morgan fingerprint density at radius 3 is 2.35 bits per heavy atom. The van der Waals surface area contributed by atoms with Crippen molar-refractivity contribution in [1.29, 1.82) is 0 Å². The number of benzene rings is 1. The first-order valence-electron chi connectivity index (χ1n) is 6.50. The molecular weight excluding hydrogens is 278 g/mol. The summed E-state index contributed by atoms with van der Waals surface area (Å²) in [5.41, 5.74) is -0.554. The Morgan fingerprint density at radius 1 is 1.35 bits per heavy atom. The van der Waals surface area contributed by atoms with Crippen molar-refractivity contribution in [3.63, 3.8) is 0 Å². The smallest absolute Gasteiger partial charge is 0.324 e. The monoisotopic (exact) mass is 299 g/mol. The molecule has 0 fully saturated rings. The minimum atomic E-state index is -3.67. The number of nitrogens with one attached hydrogen (secondary N) is 1. The van der Waals surface area contributed by atoms with Crippen molar-refractivity contribution < 1.29 is 18.3 Å². The highest BCUT2D eigenvalue weighted by molar-refractivity contribution is 7.89. The lowest BCUT2D eigenvalue weighted by Crippen LogP contribution is -2.52. The summed E-state index contributed by atoms with van der Waals surface area (Å²) in [5.74, 6) is -1.51. The molecule has 0 heterocycles. The summed E-state index contributed by atoms with van der Waals surface area (Å²) in [6, 6.07) is 9.27. The summed E-state index contributed by atoms with van der Waals surface area (Å²) in [6.07, 6.45) is 0.182. The first-order chi connectivity index (χ1) is 9.20. The van der Waals surface area contributed by atoms with Crippen molar-refractivity contribution >= 4 is 16.0 Å². The van der Waals surface area contributed by atoms with E-state index < -0.39 is 21.5 Å². The molecule has 0 aliphatic carbocycles. The van der Waals surface area contributed by atoms with Gasteiger partial charge in [-0.05, 0) is 24.8 Å². The molecule has 112 valence electrons. The molecule has 0 radical (unpaired) electrons. The van der Waals surface area contributed by atoms with E-state index in [-0.39, 0.29) is 18.1 Å². The van der Waals surface area contributed by atoms with Gasteiger partial charge in [-0.2, -0.15) is 4.72 Å². The molecule has 1 aromatic rings. The first-order valence-corrected chi connectivity index (χ1v) is 8.15. The lowest BCUT2D eigenvalue weighted by molar-refractivity contribution is -0.143. The third kappa shape index (κ3) is 4.31. The molecule has 20 heavy (non-hydrogen) atoms. The van der Waals surface area contributed by atoms with Gasteiger partial charge in [0.1, 0.15) is 5.54 Å². The Bertz CT molecular complexity index is 556. The zero-order valence-corrected chi connectivity index (χ0v) is 12.8. The number of aliphatic carboxylic acids is 1. The highest BCUT2D eigenvalue weighted by atomic mass is 32.2. The molecular formula is C14H21NO4S. The quantitative estimate of drug-likeness (QED) is 0.806. The number of sulfonamides is 1. The molecule has 0 aromatic heterocycles. The van der Waals surface area contributed by atoms with Gasteiger partial charge in [-0.3, -0.25) is 4.79 Å². The molecule has 0 saturated heterocycles. The van der Waals surface area contributed by atoms with Crippen molar-refractivity contribution in [1.82, 2.24) is 4.72 Å². The first kappa shape index (κ1) is 16.7. The van der Waals surface area contributed by atoms with Crippen LogP contribution in [0.15, 0.2) is 30.3 Å². The second-order valence-electron chi connectivity index (χ2n) is 5.19. The van der Waals surface area contributed by atoms with Crippen molar-refractivity contribution in [3.8, 4) is 0 Å². The Hall–Kier alpha value is -1.40. The molecule has 6 heteroatoms.